The fraction of sp³-hybridized carbons (Fsp3) is 0.400. The van der Waals surface area contributed by atoms with E-state index in [0.717, 1.165) is 0 Å². The van der Waals surface area contributed by atoms with Gasteiger partial charge in [0.05, 0.1) is 0 Å². The number of anilines is 1. The van der Waals surface area contributed by atoms with Crippen LogP contribution in [0.25, 0.3) is 0 Å². The molecule has 1 heterocycles. The van der Waals surface area contributed by atoms with E-state index < -0.39 is 11.9 Å². The van der Waals surface area contributed by atoms with E-state index in [2.05, 4.69) is 4.98 Å². The standard InChI is InChI=1S/C8H8F3N3.C2H6/c1-4-2-3-14-7(13)5(4)6(12)8(9,10)11;1-2/h2-3,12H,1H3,(H2,13,14);1-2H3. The molecule has 0 atom stereocenters. The zero-order valence-electron chi connectivity index (χ0n) is 9.31. The third kappa shape index (κ3) is 3.22. The molecule has 0 aliphatic rings. The van der Waals surface area contributed by atoms with Crippen molar-refractivity contribution >= 4 is 11.5 Å². The summed E-state index contributed by atoms with van der Waals surface area (Å²) in [7, 11) is 0. The van der Waals surface area contributed by atoms with Crippen LogP contribution in [0.4, 0.5) is 19.0 Å². The highest BCUT2D eigenvalue weighted by Crippen LogP contribution is 2.25. The van der Waals surface area contributed by atoms with E-state index in [1.54, 1.807) is 0 Å². The maximum atomic E-state index is 12.2. The Labute approximate surface area is 92.0 Å². The van der Waals surface area contributed by atoms with Crippen molar-refractivity contribution in [2.75, 3.05) is 5.73 Å². The lowest BCUT2D eigenvalue weighted by molar-refractivity contribution is -0.0587. The largest absolute Gasteiger partial charge is 0.433 e. The molecule has 0 aliphatic heterocycles. The van der Waals surface area contributed by atoms with Crippen LogP contribution >= 0.6 is 0 Å². The fourth-order valence-electron chi connectivity index (χ4n) is 1.05. The lowest BCUT2D eigenvalue weighted by atomic mass is 10.1. The first-order chi connectivity index (χ1) is 7.34. The highest BCUT2D eigenvalue weighted by atomic mass is 19.4. The van der Waals surface area contributed by atoms with Crippen LogP contribution in [0, 0.1) is 12.3 Å². The van der Waals surface area contributed by atoms with Crippen molar-refractivity contribution in [3.05, 3.63) is 23.4 Å². The molecule has 6 heteroatoms. The molecular formula is C10H14F3N3. The van der Waals surface area contributed by atoms with E-state index in [4.69, 9.17) is 11.1 Å². The highest BCUT2D eigenvalue weighted by Gasteiger charge is 2.37. The normalized spacial score (nSPS) is 10.4. The number of nitrogens with zero attached hydrogens (tertiary/aromatic N) is 1. The summed E-state index contributed by atoms with van der Waals surface area (Å²) in [5.41, 5.74) is 3.75. The molecule has 0 spiro atoms. The Morgan fingerprint density at radius 1 is 1.38 bits per heavy atom. The van der Waals surface area contributed by atoms with Gasteiger partial charge in [0, 0.05) is 11.8 Å². The predicted molar refractivity (Wildman–Crippen MR) is 57.6 cm³/mol. The van der Waals surface area contributed by atoms with Crippen LogP contribution in [0.15, 0.2) is 12.3 Å². The first-order valence-corrected chi connectivity index (χ1v) is 4.71. The number of rotatable bonds is 1. The van der Waals surface area contributed by atoms with Gasteiger partial charge in [-0.25, -0.2) is 4.98 Å². The van der Waals surface area contributed by atoms with E-state index in [1.807, 2.05) is 13.8 Å². The van der Waals surface area contributed by atoms with Crippen molar-refractivity contribution in [2.24, 2.45) is 0 Å². The molecule has 90 valence electrons. The van der Waals surface area contributed by atoms with Crippen molar-refractivity contribution in [3.8, 4) is 0 Å². The van der Waals surface area contributed by atoms with Gasteiger partial charge in [0.25, 0.3) is 0 Å². The van der Waals surface area contributed by atoms with Crippen molar-refractivity contribution in [2.45, 2.75) is 26.9 Å². The molecule has 0 fully saturated rings. The number of nitrogens with one attached hydrogen (secondary N) is 1. The third-order valence-corrected chi connectivity index (χ3v) is 1.72. The number of hydrogen-bond acceptors (Lipinski definition) is 3. The summed E-state index contributed by atoms with van der Waals surface area (Å²) in [6, 6.07) is 1.38. The van der Waals surface area contributed by atoms with E-state index in [1.165, 1.54) is 19.2 Å². The molecule has 0 bridgehead atoms. The SMILES string of the molecule is CC.Cc1ccnc(N)c1C(=N)C(F)(F)F. The number of alkyl halides is 3. The van der Waals surface area contributed by atoms with Gasteiger partial charge in [-0.1, -0.05) is 13.8 Å². The summed E-state index contributed by atoms with van der Waals surface area (Å²) >= 11 is 0. The van der Waals surface area contributed by atoms with Crippen LogP contribution in [0.1, 0.15) is 25.0 Å². The van der Waals surface area contributed by atoms with E-state index in [-0.39, 0.29) is 11.4 Å². The number of aromatic nitrogens is 1. The van der Waals surface area contributed by atoms with Crippen LogP contribution in [-0.2, 0) is 0 Å². The third-order valence-electron chi connectivity index (χ3n) is 1.72. The number of nitrogen functional groups attached to an aromatic ring is 1. The van der Waals surface area contributed by atoms with Crippen molar-refractivity contribution in [1.29, 1.82) is 5.41 Å². The molecule has 1 aromatic heterocycles. The second-order valence-corrected chi connectivity index (χ2v) is 2.76. The summed E-state index contributed by atoms with van der Waals surface area (Å²) in [5.74, 6) is -0.271. The van der Waals surface area contributed by atoms with Gasteiger partial charge < -0.3 is 5.73 Å². The summed E-state index contributed by atoms with van der Waals surface area (Å²) in [6.07, 6.45) is -3.39. The van der Waals surface area contributed by atoms with E-state index in [0.29, 0.717) is 5.56 Å². The van der Waals surface area contributed by atoms with Crippen LogP contribution in [-0.4, -0.2) is 16.9 Å². The van der Waals surface area contributed by atoms with Gasteiger partial charge in [-0.3, -0.25) is 5.41 Å². The maximum Gasteiger partial charge on any atom is 0.433 e. The topological polar surface area (TPSA) is 62.8 Å². The smallest absolute Gasteiger partial charge is 0.383 e. The molecule has 1 rings (SSSR count). The molecule has 3 N–H and O–H groups in total. The summed E-state index contributed by atoms with van der Waals surface area (Å²) in [5, 5.41) is 6.92. The van der Waals surface area contributed by atoms with Gasteiger partial charge >= 0.3 is 6.18 Å². The molecule has 3 nitrogen and oxygen atoms in total. The molecule has 0 unspecified atom stereocenters. The van der Waals surface area contributed by atoms with Gasteiger partial charge in [0.1, 0.15) is 11.5 Å². The number of hydrogen-bond donors (Lipinski definition) is 2. The summed E-state index contributed by atoms with van der Waals surface area (Å²) in [4.78, 5) is 3.51. The van der Waals surface area contributed by atoms with E-state index in [9.17, 15) is 13.2 Å². The lowest BCUT2D eigenvalue weighted by Gasteiger charge is -2.12. The Morgan fingerprint density at radius 3 is 2.25 bits per heavy atom. The predicted octanol–water partition coefficient (Wildman–Crippen LogP) is 2.93. The maximum absolute atomic E-state index is 12.2. The zero-order valence-corrected chi connectivity index (χ0v) is 9.31. The highest BCUT2D eigenvalue weighted by molar-refractivity contribution is 6.06. The first-order valence-electron chi connectivity index (χ1n) is 4.71. The Kier molecular flexibility index (Phi) is 4.94. The van der Waals surface area contributed by atoms with Crippen LogP contribution < -0.4 is 5.73 Å². The second kappa shape index (κ2) is 5.48. The quantitative estimate of drug-likeness (QED) is 0.732. The van der Waals surface area contributed by atoms with Crippen molar-refractivity contribution in [1.82, 2.24) is 4.98 Å². The number of halogens is 3. The minimum atomic E-state index is -4.69. The minimum Gasteiger partial charge on any atom is -0.383 e. The number of aryl methyl sites for hydroxylation is 1. The molecule has 1 aromatic rings. The Bertz CT molecular complexity index is 352. The lowest BCUT2D eigenvalue weighted by Crippen LogP contribution is -2.25. The molecule has 0 amide bonds. The van der Waals surface area contributed by atoms with Gasteiger partial charge in [0.2, 0.25) is 0 Å². The summed E-state index contributed by atoms with van der Waals surface area (Å²) < 4.78 is 36.6. The first kappa shape index (κ1) is 14.4. The average Bonchev–Trinajstić information content (AvgIpc) is 2.19. The monoisotopic (exact) mass is 233 g/mol. The fourth-order valence-corrected chi connectivity index (χ4v) is 1.05. The summed E-state index contributed by atoms with van der Waals surface area (Å²) in [6.45, 7) is 5.45. The molecule has 0 aromatic carbocycles. The molecule has 0 aliphatic carbocycles. The van der Waals surface area contributed by atoms with Crippen molar-refractivity contribution < 1.29 is 13.2 Å². The van der Waals surface area contributed by atoms with Gasteiger partial charge in [-0.15, -0.1) is 0 Å². The van der Waals surface area contributed by atoms with Crippen LogP contribution in [0.5, 0.6) is 0 Å². The van der Waals surface area contributed by atoms with Crippen LogP contribution in [0.3, 0.4) is 0 Å². The molecule has 0 saturated carbocycles. The van der Waals surface area contributed by atoms with Crippen molar-refractivity contribution in [3.63, 3.8) is 0 Å². The Balaban J connectivity index is 0.00000106. The minimum absolute atomic E-state index is 0.271. The Hall–Kier alpha value is -1.59. The molecule has 0 saturated heterocycles. The van der Waals surface area contributed by atoms with Gasteiger partial charge in [0.15, 0.2) is 0 Å². The van der Waals surface area contributed by atoms with E-state index >= 15 is 0 Å². The molecule has 0 radical (unpaired) electrons. The number of pyridine rings is 1. The zero-order chi connectivity index (χ0) is 12.9. The van der Waals surface area contributed by atoms with Crippen LogP contribution in [0.2, 0.25) is 0 Å². The molecule has 16 heavy (non-hydrogen) atoms. The average molecular weight is 233 g/mol. The number of nitrogens with two attached hydrogens (primary N) is 1. The van der Waals surface area contributed by atoms with Gasteiger partial charge in [-0.2, -0.15) is 13.2 Å². The van der Waals surface area contributed by atoms with Gasteiger partial charge in [-0.05, 0) is 18.6 Å². The Morgan fingerprint density at radius 2 is 1.88 bits per heavy atom. The second-order valence-electron chi connectivity index (χ2n) is 2.76. The molecular weight excluding hydrogens is 219 g/mol.